The van der Waals surface area contributed by atoms with Crippen LogP contribution in [0.2, 0.25) is 0 Å². The molecule has 0 aliphatic carbocycles. The molecule has 3 rings (SSSR count). The van der Waals surface area contributed by atoms with Crippen LogP contribution in [0, 0.1) is 0 Å². The lowest BCUT2D eigenvalue weighted by Gasteiger charge is -2.12. The van der Waals surface area contributed by atoms with Crippen molar-refractivity contribution in [3.05, 3.63) is 29.8 Å². The number of fused-ring (bicyclic) bond motifs is 1. The number of rotatable bonds is 2. The largest absolute Gasteiger partial charge is 0.497 e. The number of benzene rings is 1. The molecule has 2 fully saturated rings. The van der Waals surface area contributed by atoms with Crippen LogP contribution in [0.25, 0.3) is 0 Å². The van der Waals surface area contributed by atoms with Crippen molar-refractivity contribution in [2.45, 2.75) is 18.5 Å². The molecule has 0 bridgehead atoms. The molecule has 2 atom stereocenters. The summed E-state index contributed by atoms with van der Waals surface area (Å²) in [4.78, 5) is 0. The molecular formula is C12H15NO3. The van der Waals surface area contributed by atoms with E-state index >= 15 is 0 Å². The highest BCUT2D eigenvalue weighted by Gasteiger charge is 2.39. The van der Waals surface area contributed by atoms with Gasteiger partial charge in [-0.05, 0) is 12.1 Å². The van der Waals surface area contributed by atoms with Gasteiger partial charge >= 0.3 is 0 Å². The average Bonchev–Trinajstić information content (AvgIpc) is 2.89. The summed E-state index contributed by atoms with van der Waals surface area (Å²) in [6.45, 7) is 1.77. The summed E-state index contributed by atoms with van der Waals surface area (Å²) in [5.41, 5.74) is 1.05. The fraction of sp³-hybridized carbons (Fsp3) is 0.500. The normalized spacial score (nSPS) is 32.7. The van der Waals surface area contributed by atoms with Gasteiger partial charge in [0.1, 0.15) is 18.0 Å². The third kappa shape index (κ3) is 1.69. The van der Waals surface area contributed by atoms with Crippen molar-refractivity contribution < 1.29 is 14.2 Å². The summed E-state index contributed by atoms with van der Waals surface area (Å²) in [6.07, 6.45) is 0.183. The van der Waals surface area contributed by atoms with Crippen LogP contribution in [-0.2, 0) is 9.47 Å². The molecule has 2 unspecified atom stereocenters. The molecule has 0 radical (unpaired) electrons. The van der Waals surface area contributed by atoms with E-state index in [9.17, 15) is 0 Å². The van der Waals surface area contributed by atoms with Crippen LogP contribution in [0.3, 0.4) is 0 Å². The minimum absolute atomic E-state index is 0.201. The van der Waals surface area contributed by atoms with Gasteiger partial charge in [0.2, 0.25) is 0 Å². The van der Waals surface area contributed by atoms with Crippen molar-refractivity contribution in [3.8, 4) is 5.75 Å². The number of methoxy groups -OCH3 is 1. The van der Waals surface area contributed by atoms with Crippen molar-refractivity contribution >= 4 is 0 Å². The summed E-state index contributed by atoms with van der Waals surface area (Å²) in [6, 6.07) is 7.82. The smallest absolute Gasteiger partial charge is 0.184 e. The predicted octanol–water partition coefficient (Wildman–Crippen LogP) is 1.08. The zero-order chi connectivity index (χ0) is 11.0. The lowest BCUT2D eigenvalue weighted by Crippen LogP contribution is -2.18. The first kappa shape index (κ1) is 10.1. The maximum atomic E-state index is 5.82. The average molecular weight is 221 g/mol. The standard InChI is InChI=1S/C12H15NO3/c1-14-9-4-2-8(3-5-9)12-15-10-6-13-7-11(10)16-12/h2-5,10-13H,6-7H2,1H3. The van der Waals surface area contributed by atoms with E-state index in [1.165, 1.54) is 0 Å². The highest BCUT2D eigenvalue weighted by Crippen LogP contribution is 2.33. The van der Waals surface area contributed by atoms with Gasteiger partial charge in [-0.3, -0.25) is 0 Å². The van der Waals surface area contributed by atoms with Crippen molar-refractivity contribution in [3.63, 3.8) is 0 Å². The first-order valence-electron chi connectivity index (χ1n) is 5.52. The molecule has 4 nitrogen and oxygen atoms in total. The summed E-state index contributed by atoms with van der Waals surface area (Å²) in [5.74, 6) is 0.851. The zero-order valence-corrected chi connectivity index (χ0v) is 9.18. The topological polar surface area (TPSA) is 39.7 Å². The van der Waals surface area contributed by atoms with Gasteiger partial charge in [0.25, 0.3) is 0 Å². The van der Waals surface area contributed by atoms with Crippen LogP contribution in [-0.4, -0.2) is 32.4 Å². The van der Waals surface area contributed by atoms with Crippen LogP contribution < -0.4 is 10.1 Å². The fourth-order valence-electron chi connectivity index (χ4n) is 2.17. The summed E-state index contributed by atoms with van der Waals surface area (Å²) >= 11 is 0. The summed E-state index contributed by atoms with van der Waals surface area (Å²) in [5, 5.41) is 3.24. The third-order valence-corrected chi connectivity index (χ3v) is 3.09. The maximum Gasteiger partial charge on any atom is 0.184 e. The van der Waals surface area contributed by atoms with Crippen LogP contribution in [0.15, 0.2) is 24.3 Å². The molecular weight excluding hydrogens is 206 g/mol. The molecule has 4 heteroatoms. The second kappa shape index (κ2) is 4.05. The molecule has 86 valence electrons. The summed E-state index contributed by atoms with van der Waals surface area (Å²) < 4.78 is 16.8. The number of hydrogen-bond donors (Lipinski definition) is 1. The van der Waals surface area contributed by atoms with Gasteiger partial charge in [-0.15, -0.1) is 0 Å². The lowest BCUT2D eigenvalue weighted by atomic mass is 10.2. The quantitative estimate of drug-likeness (QED) is 0.811. The van der Waals surface area contributed by atoms with E-state index in [2.05, 4.69) is 5.32 Å². The molecule has 2 aliphatic rings. The lowest BCUT2D eigenvalue weighted by molar-refractivity contribution is -0.0728. The molecule has 16 heavy (non-hydrogen) atoms. The number of nitrogens with one attached hydrogen (secondary N) is 1. The fourth-order valence-corrected chi connectivity index (χ4v) is 2.17. The van der Waals surface area contributed by atoms with Crippen molar-refractivity contribution in [1.82, 2.24) is 5.32 Å². The highest BCUT2D eigenvalue weighted by molar-refractivity contribution is 5.28. The van der Waals surface area contributed by atoms with E-state index in [0.29, 0.717) is 0 Å². The molecule has 1 N–H and O–H groups in total. The summed E-state index contributed by atoms with van der Waals surface area (Å²) in [7, 11) is 1.66. The van der Waals surface area contributed by atoms with Gasteiger partial charge in [-0.2, -0.15) is 0 Å². The van der Waals surface area contributed by atoms with Crippen LogP contribution in [0.4, 0.5) is 0 Å². The van der Waals surface area contributed by atoms with Crippen LogP contribution in [0.5, 0.6) is 5.75 Å². The van der Waals surface area contributed by atoms with E-state index in [0.717, 1.165) is 24.4 Å². The Bertz CT molecular complexity index is 353. The Hall–Kier alpha value is -1.10. The van der Waals surface area contributed by atoms with Crippen molar-refractivity contribution in [1.29, 1.82) is 0 Å². The minimum atomic E-state index is -0.219. The predicted molar refractivity (Wildman–Crippen MR) is 58.4 cm³/mol. The Morgan fingerprint density at radius 3 is 2.31 bits per heavy atom. The monoisotopic (exact) mass is 221 g/mol. The Morgan fingerprint density at radius 2 is 1.75 bits per heavy atom. The third-order valence-electron chi connectivity index (χ3n) is 3.09. The molecule has 2 saturated heterocycles. The van der Waals surface area contributed by atoms with Gasteiger partial charge in [0.05, 0.1) is 7.11 Å². The van der Waals surface area contributed by atoms with E-state index in [-0.39, 0.29) is 18.5 Å². The van der Waals surface area contributed by atoms with Crippen molar-refractivity contribution in [2.75, 3.05) is 20.2 Å². The maximum absolute atomic E-state index is 5.82. The van der Waals surface area contributed by atoms with Gasteiger partial charge in [-0.1, -0.05) is 12.1 Å². The van der Waals surface area contributed by atoms with E-state index in [4.69, 9.17) is 14.2 Å². The Morgan fingerprint density at radius 1 is 1.12 bits per heavy atom. The number of hydrogen-bond acceptors (Lipinski definition) is 4. The van der Waals surface area contributed by atoms with Gasteiger partial charge in [-0.25, -0.2) is 0 Å². The van der Waals surface area contributed by atoms with Crippen molar-refractivity contribution in [2.24, 2.45) is 0 Å². The SMILES string of the molecule is COc1ccc(C2OC3CNCC3O2)cc1. The first-order valence-corrected chi connectivity index (χ1v) is 5.52. The Balaban J connectivity index is 1.73. The van der Waals surface area contributed by atoms with Gasteiger partial charge < -0.3 is 19.5 Å². The second-order valence-corrected chi connectivity index (χ2v) is 4.11. The Kier molecular flexibility index (Phi) is 2.55. The van der Waals surface area contributed by atoms with Gasteiger partial charge in [0.15, 0.2) is 6.29 Å². The number of ether oxygens (including phenoxy) is 3. The molecule has 0 amide bonds. The Labute approximate surface area is 94.5 Å². The first-order chi connectivity index (χ1) is 7.86. The minimum Gasteiger partial charge on any atom is -0.497 e. The van der Waals surface area contributed by atoms with Crippen LogP contribution in [0.1, 0.15) is 11.9 Å². The van der Waals surface area contributed by atoms with E-state index in [1.54, 1.807) is 7.11 Å². The molecule has 0 aromatic heterocycles. The highest BCUT2D eigenvalue weighted by atomic mass is 16.7. The molecule has 0 spiro atoms. The second-order valence-electron chi connectivity index (χ2n) is 4.11. The van der Waals surface area contributed by atoms with E-state index in [1.807, 2.05) is 24.3 Å². The molecule has 1 aromatic rings. The van der Waals surface area contributed by atoms with Gasteiger partial charge in [0, 0.05) is 18.7 Å². The zero-order valence-electron chi connectivity index (χ0n) is 9.18. The van der Waals surface area contributed by atoms with Crippen LogP contribution >= 0.6 is 0 Å². The molecule has 0 saturated carbocycles. The molecule has 2 aliphatic heterocycles. The molecule has 1 aromatic carbocycles. The van der Waals surface area contributed by atoms with E-state index < -0.39 is 0 Å². The molecule has 2 heterocycles.